The molecule has 1 aliphatic carbocycles. The Morgan fingerprint density at radius 3 is 2.64 bits per heavy atom. The van der Waals surface area contributed by atoms with Crippen molar-refractivity contribution in [1.29, 1.82) is 0 Å². The van der Waals surface area contributed by atoms with Crippen molar-refractivity contribution in [2.24, 2.45) is 0 Å². The summed E-state index contributed by atoms with van der Waals surface area (Å²) >= 11 is 1.23. The minimum Gasteiger partial charge on any atom is -0.218 e. The van der Waals surface area contributed by atoms with Crippen LogP contribution in [0.5, 0.6) is 0 Å². The van der Waals surface area contributed by atoms with Crippen LogP contribution in [0.4, 0.5) is 13.2 Å². The number of halogens is 3. The van der Waals surface area contributed by atoms with Crippen LogP contribution in [0, 0.1) is 0 Å². The Balaban J connectivity index is 1.95. The smallest absolute Gasteiger partial charge is 0.218 e. The van der Waals surface area contributed by atoms with Crippen LogP contribution in [0.25, 0.3) is 15.3 Å². The van der Waals surface area contributed by atoms with Crippen molar-refractivity contribution < 1.29 is 13.2 Å². The Hall–Kier alpha value is -1.89. The molecule has 114 valence electrons. The highest BCUT2D eigenvalue weighted by Crippen LogP contribution is 2.39. The lowest BCUT2D eigenvalue weighted by molar-refractivity contribution is -0.143. The zero-order chi connectivity index (χ0) is 15.3. The van der Waals surface area contributed by atoms with Crippen molar-refractivity contribution in [2.45, 2.75) is 31.9 Å². The predicted octanol–water partition coefficient (Wildman–Crippen LogP) is 4.38. The summed E-state index contributed by atoms with van der Waals surface area (Å²) in [7, 11) is 0. The molecule has 0 unspecified atom stereocenters. The summed E-state index contributed by atoms with van der Waals surface area (Å²) < 4.78 is 42.4. The average Bonchev–Trinajstić information content (AvgIpc) is 3.07. The number of fused-ring (bicyclic) bond motifs is 2. The molecule has 0 amide bonds. The summed E-state index contributed by atoms with van der Waals surface area (Å²) in [6, 6.07) is 7.33. The van der Waals surface area contributed by atoms with Crippen molar-refractivity contribution in [3.05, 3.63) is 41.2 Å². The Kier molecular flexibility index (Phi) is 3.00. The fourth-order valence-electron chi connectivity index (χ4n) is 2.93. The van der Waals surface area contributed by atoms with Crippen molar-refractivity contribution in [3.63, 3.8) is 0 Å². The van der Waals surface area contributed by atoms with Gasteiger partial charge in [-0.2, -0.15) is 18.3 Å². The number of hydrogen-bond acceptors (Lipinski definition) is 3. The van der Waals surface area contributed by atoms with Crippen LogP contribution in [0.3, 0.4) is 0 Å². The van der Waals surface area contributed by atoms with Gasteiger partial charge in [-0.15, -0.1) is 0 Å². The molecule has 3 nitrogen and oxygen atoms in total. The molecule has 1 aromatic carbocycles. The zero-order valence-corrected chi connectivity index (χ0v) is 12.3. The Morgan fingerprint density at radius 1 is 1.09 bits per heavy atom. The SMILES string of the molecule is FC(F)(F)c1c2c(nn1-c1nc3ccccc3s1)CCCC2. The number of rotatable bonds is 1. The number of thiazole rings is 1. The Labute approximate surface area is 128 Å². The maximum Gasteiger partial charge on any atom is 0.433 e. The highest BCUT2D eigenvalue weighted by molar-refractivity contribution is 7.20. The first kappa shape index (κ1) is 13.8. The van der Waals surface area contributed by atoms with Gasteiger partial charge in [-0.05, 0) is 37.8 Å². The molecule has 1 aliphatic rings. The Morgan fingerprint density at radius 2 is 1.86 bits per heavy atom. The van der Waals surface area contributed by atoms with E-state index >= 15 is 0 Å². The molecule has 0 aliphatic heterocycles. The van der Waals surface area contributed by atoms with Gasteiger partial charge in [-0.1, -0.05) is 23.5 Å². The van der Waals surface area contributed by atoms with E-state index in [1.54, 1.807) is 6.07 Å². The molecule has 0 spiro atoms. The second-order valence-corrected chi connectivity index (χ2v) is 6.36. The number of nitrogens with zero attached hydrogens (tertiary/aromatic N) is 3. The first-order valence-corrected chi connectivity index (χ1v) is 7.89. The first-order chi connectivity index (χ1) is 10.5. The van der Waals surface area contributed by atoms with E-state index in [0.717, 1.165) is 22.2 Å². The van der Waals surface area contributed by atoms with E-state index in [9.17, 15) is 13.2 Å². The summed E-state index contributed by atoms with van der Waals surface area (Å²) in [4.78, 5) is 4.32. The number of para-hydroxylation sites is 1. The van der Waals surface area contributed by atoms with E-state index < -0.39 is 11.9 Å². The predicted molar refractivity (Wildman–Crippen MR) is 78.4 cm³/mol. The number of benzene rings is 1. The molecule has 3 aromatic rings. The lowest BCUT2D eigenvalue weighted by atomic mass is 9.96. The molecule has 0 fully saturated rings. The van der Waals surface area contributed by atoms with Gasteiger partial charge in [0.25, 0.3) is 0 Å². The molecule has 0 saturated heterocycles. The largest absolute Gasteiger partial charge is 0.433 e. The molecule has 0 atom stereocenters. The molecule has 0 saturated carbocycles. The first-order valence-electron chi connectivity index (χ1n) is 7.08. The van der Waals surface area contributed by atoms with Gasteiger partial charge in [-0.25, -0.2) is 9.67 Å². The monoisotopic (exact) mass is 323 g/mol. The summed E-state index contributed by atoms with van der Waals surface area (Å²) in [6.07, 6.45) is -1.70. The molecule has 7 heteroatoms. The van der Waals surface area contributed by atoms with Crippen LogP contribution in [0.15, 0.2) is 24.3 Å². The van der Waals surface area contributed by atoms with Crippen molar-refractivity contribution in [1.82, 2.24) is 14.8 Å². The highest BCUT2D eigenvalue weighted by Gasteiger charge is 2.41. The number of aromatic nitrogens is 3. The van der Waals surface area contributed by atoms with Gasteiger partial charge < -0.3 is 0 Å². The van der Waals surface area contributed by atoms with Crippen LogP contribution in [0.2, 0.25) is 0 Å². The van der Waals surface area contributed by atoms with Gasteiger partial charge >= 0.3 is 6.18 Å². The maximum absolute atomic E-state index is 13.5. The fraction of sp³-hybridized carbons (Fsp3) is 0.333. The second kappa shape index (κ2) is 4.81. The minimum atomic E-state index is -4.42. The molecule has 0 radical (unpaired) electrons. The van der Waals surface area contributed by atoms with Crippen LogP contribution >= 0.6 is 11.3 Å². The highest BCUT2D eigenvalue weighted by atomic mass is 32.1. The van der Waals surface area contributed by atoms with Crippen molar-refractivity contribution in [2.75, 3.05) is 0 Å². The lowest BCUT2D eigenvalue weighted by Crippen LogP contribution is -2.15. The molecular formula is C15H12F3N3S. The third-order valence-electron chi connectivity index (χ3n) is 3.89. The molecule has 2 aromatic heterocycles. The normalized spacial score (nSPS) is 15.2. The summed E-state index contributed by atoms with van der Waals surface area (Å²) in [5.41, 5.74) is 0.959. The van der Waals surface area contributed by atoms with Gasteiger partial charge in [0.15, 0.2) is 5.69 Å². The molecule has 22 heavy (non-hydrogen) atoms. The van der Waals surface area contributed by atoms with E-state index in [1.165, 1.54) is 11.3 Å². The topological polar surface area (TPSA) is 30.7 Å². The summed E-state index contributed by atoms with van der Waals surface area (Å²) in [5.74, 6) is 0. The van der Waals surface area contributed by atoms with Crippen LogP contribution in [-0.4, -0.2) is 14.8 Å². The molecule has 0 bridgehead atoms. The van der Waals surface area contributed by atoms with Crippen LogP contribution < -0.4 is 0 Å². The fourth-order valence-corrected chi connectivity index (χ4v) is 3.86. The molecule has 4 rings (SSSR count). The second-order valence-electron chi connectivity index (χ2n) is 5.35. The number of aryl methyl sites for hydroxylation is 1. The van der Waals surface area contributed by atoms with Gasteiger partial charge in [0.05, 0.1) is 15.9 Å². The van der Waals surface area contributed by atoms with Crippen molar-refractivity contribution >= 4 is 21.6 Å². The van der Waals surface area contributed by atoms with Gasteiger partial charge in [0, 0.05) is 5.56 Å². The lowest BCUT2D eigenvalue weighted by Gasteiger charge is -2.13. The molecule has 2 heterocycles. The summed E-state index contributed by atoms with van der Waals surface area (Å²) in [5, 5.41) is 4.51. The third-order valence-corrected chi connectivity index (χ3v) is 4.90. The van der Waals surface area contributed by atoms with Crippen molar-refractivity contribution in [3.8, 4) is 5.13 Å². The van der Waals surface area contributed by atoms with E-state index in [-0.39, 0.29) is 5.13 Å². The minimum absolute atomic E-state index is 0.280. The van der Waals surface area contributed by atoms with E-state index in [0.29, 0.717) is 29.6 Å². The van der Waals surface area contributed by atoms with Crippen LogP contribution in [-0.2, 0) is 19.0 Å². The van der Waals surface area contributed by atoms with E-state index in [1.807, 2.05) is 18.2 Å². The third kappa shape index (κ3) is 2.11. The number of hydrogen-bond donors (Lipinski definition) is 0. The maximum atomic E-state index is 13.5. The molecule has 0 N–H and O–H groups in total. The standard InChI is InChI=1S/C15H12F3N3S/c16-15(17,18)13-9-5-1-2-6-10(9)20-21(13)14-19-11-7-3-4-8-12(11)22-14/h3-4,7-8H,1-2,5-6H2. The summed E-state index contributed by atoms with van der Waals surface area (Å²) in [6.45, 7) is 0. The van der Waals surface area contributed by atoms with Gasteiger partial charge in [0.2, 0.25) is 5.13 Å². The quantitative estimate of drug-likeness (QED) is 0.665. The van der Waals surface area contributed by atoms with Gasteiger partial charge in [-0.3, -0.25) is 0 Å². The number of alkyl halides is 3. The Bertz CT molecular complexity index is 814. The van der Waals surface area contributed by atoms with E-state index in [2.05, 4.69) is 10.1 Å². The zero-order valence-electron chi connectivity index (χ0n) is 11.5. The van der Waals surface area contributed by atoms with E-state index in [4.69, 9.17) is 0 Å². The van der Waals surface area contributed by atoms with Gasteiger partial charge in [0.1, 0.15) is 0 Å². The molecular weight excluding hydrogens is 311 g/mol. The average molecular weight is 323 g/mol. The van der Waals surface area contributed by atoms with Crippen LogP contribution in [0.1, 0.15) is 29.8 Å².